The van der Waals surface area contributed by atoms with E-state index in [2.05, 4.69) is 27.2 Å². The molecule has 0 unspecified atom stereocenters. The molecule has 0 saturated carbocycles. The number of nitrogens with zero attached hydrogens (tertiary/aromatic N) is 4. The quantitative estimate of drug-likeness (QED) is 0.831. The van der Waals surface area contributed by atoms with E-state index < -0.39 is 0 Å². The molecule has 0 spiro atoms. The normalized spacial score (nSPS) is 18.2. The van der Waals surface area contributed by atoms with Crippen LogP contribution in [0.4, 0.5) is 0 Å². The molecule has 0 atom stereocenters. The third kappa shape index (κ3) is 3.51. The molecule has 1 fully saturated rings. The largest absolute Gasteiger partial charge is 0.315 e. The zero-order chi connectivity index (χ0) is 12.1. The van der Waals surface area contributed by atoms with E-state index >= 15 is 0 Å². The zero-order valence-electron chi connectivity index (χ0n) is 10.9. The summed E-state index contributed by atoms with van der Waals surface area (Å²) < 4.78 is 1.93. The van der Waals surface area contributed by atoms with E-state index in [1.165, 1.54) is 6.42 Å². The second-order valence-electron chi connectivity index (χ2n) is 4.70. The molecule has 2 rings (SSSR count). The molecule has 1 aromatic rings. The fourth-order valence-corrected chi connectivity index (χ4v) is 2.20. The minimum Gasteiger partial charge on any atom is -0.315 e. The molecule has 0 amide bonds. The molecule has 5 heteroatoms. The second kappa shape index (κ2) is 6.12. The molecular formula is C12H23N5. The molecule has 1 saturated heterocycles. The summed E-state index contributed by atoms with van der Waals surface area (Å²) in [6.45, 7) is 7.57. The Kier molecular flexibility index (Phi) is 4.50. The third-order valence-corrected chi connectivity index (χ3v) is 3.17. The number of rotatable bonds is 4. The fourth-order valence-electron chi connectivity index (χ4n) is 2.20. The lowest BCUT2D eigenvalue weighted by molar-refractivity contribution is 0.273. The van der Waals surface area contributed by atoms with E-state index in [0.29, 0.717) is 0 Å². The molecule has 17 heavy (non-hydrogen) atoms. The first kappa shape index (κ1) is 12.5. The minimum atomic E-state index is 0.925. The van der Waals surface area contributed by atoms with Gasteiger partial charge in [0.05, 0.1) is 6.54 Å². The maximum atomic E-state index is 4.61. The molecule has 0 aromatic carbocycles. The Morgan fingerprint density at radius 2 is 2.18 bits per heavy atom. The van der Waals surface area contributed by atoms with Crippen molar-refractivity contribution in [2.75, 3.05) is 26.2 Å². The van der Waals surface area contributed by atoms with Gasteiger partial charge in [0.1, 0.15) is 5.82 Å². The van der Waals surface area contributed by atoms with Crippen molar-refractivity contribution in [1.29, 1.82) is 0 Å². The van der Waals surface area contributed by atoms with Crippen LogP contribution in [0.2, 0.25) is 0 Å². The van der Waals surface area contributed by atoms with Crippen molar-refractivity contribution in [3.05, 3.63) is 11.6 Å². The Morgan fingerprint density at radius 1 is 1.29 bits per heavy atom. The summed E-state index contributed by atoms with van der Waals surface area (Å²) >= 11 is 0. The van der Waals surface area contributed by atoms with E-state index in [0.717, 1.165) is 57.2 Å². The van der Waals surface area contributed by atoms with Crippen molar-refractivity contribution in [3.63, 3.8) is 0 Å². The van der Waals surface area contributed by atoms with Gasteiger partial charge >= 0.3 is 0 Å². The second-order valence-corrected chi connectivity index (χ2v) is 4.70. The summed E-state index contributed by atoms with van der Waals surface area (Å²) in [7, 11) is 2.00. The SMILES string of the molecule is CCCc1nc(CN2CCCNCC2)n(C)n1. The van der Waals surface area contributed by atoms with E-state index in [1.54, 1.807) is 0 Å². The topological polar surface area (TPSA) is 46.0 Å². The molecule has 1 aliphatic rings. The van der Waals surface area contributed by atoms with Gasteiger partial charge in [-0.2, -0.15) is 5.10 Å². The lowest BCUT2D eigenvalue weighted by atomic mass is 10.3. The van der Waals surface area contributed by atoms with Crippen LogP contribution in [-0.4, -0.2) is 45.8 Å². The Bertz CT molecular complexity index is 339. The fraction of sp³-hybridized carbons (Fsp3) is 0.833. The van der Waals surface area contributed by atoms with Crippen molar-refractivity contribution in [3.8, 4) is 0 Å². The Balaban J connectivity index is 1.96. The van der Waals surface area contributed by atoms with Gasteiger partial charge in [-0.15, -0.1) is 0 Å². The predicted octanol–water partition coefficient (Wildman–Crippen LogP) is 0.563. The summed E-state index contributed by atoms with van der Waals surface area (Å²) in [5, 5.41) is 7.87. The van der Waals surface area contributed by atoms with Crippen LogP contribution in [-0.2, 0) is 20.0 Å². The van der Waals surface area contributed by atoms with Crippen molar-refractivity contribution in [2.45, 2.75) is 32.7 Å². The molecule has 0 aliphatic carbocycles. The number of hydrogen-bond acceptors (Lipinski definition) is 4. The number of hydrogen-bond donors (Lipinski definition) is 1. The van der Waals surface area contributed by atoms with Gasteiger partial charge in [0, 0.05) is 26.6 Å². The van der Waals surface area contributed by atoms with Gasteiger partial charge in [0.25, 0.3) is 0 Å². The van der Waals surface area contributed by atoms with Crippen LogP contribution in [0, 0.1) is 0 Å². The lowest BCUT2D eigenvalue weighted by Gasteiger charge is -2.18. The highest BCUT2D eigenvalue weighted by molar-refractivity contribution is 4.93. The minimum absolute atomic E-state index is 0.925. The van der Waals surface area contributed by atoms with Crippen molar-refractivity contribution in [1.82, 2.24) is 25.0 Å². The van der Waals surface area contributed by atoms with Crippen molar-refractivity contribution < 1.29 is 0 Å². The molecule has 5 nitrogen and oxygen atoms in total. The highest BCUT2D eigenvalue weighted by atomic mass is 15.3. The van der Waals surface area contributed by atoms with Gasteiger partial charge in [0.15, 0.2) is 5.82 Å². The molecule has 1 aliphatic heterocycles. The highest BCUT2D eigenvalue weighted by Gasteiger charge is 2.13. The van der Waals surface area contributed by atoms with Crippen LogP contribution in [0.5, 0.6) is 0 Å². The Morgan fingerprint density at radius 3 is 3.00 bits per heavy atom. The summed E-state index contributed by atoms with van der Waals surface area (Å²) in [5.74, 6) is 2.08. The van der Waals surface area contributed by atoms with Gasteiger partial charge in [-0.25, -0.2) is 4.98 Å². The van der Waals surface area contributed by atoms with Crippen LogP contribution < -0.4 is 5.32 Å². The maximum absolute atomic E-state index is 4.61. The number of aromatic nitrogens is 3. The third-order valence-electron chi connectivity index (χ3n) is 3.17. The number of aryl methyl sites for hydroxylation is 2. The highest BCUT2D eigenvalue weighted by Crippen LogP contribution is 2.05. The van der Waals surface area contributed by atoms with Gasteiger partial charge in [-0.3, -0.25) is 9.58 Å². The molecule has 1 aromatic heterocycles. The summed E-state index contributed by atoms with van der Waals surface area (Å²) in [6.07, 6.45) is 3.31. The summed E-state index contributed by atoms with van der Waals surface area (Å²) in [5.41, 5.74) is 0. The standard InChI is InChI=1S/C12H23N5/c1-3-5-11-14-12(16(2)15-11)10-17-8-4-6-13-7-9-17/h13H,3-10H2,1-2H3. The predicted molar refractivity (Wildman–Crippen MR) is 67.8 cm³/mol. The van der Waals surface area contributed by atoms with Gasteiger partial charge in [-0.05, 0) is 25.9 Å². The monoisotopic (exact) mass is 237 g/mol. The van der Waals surface area contributed by atoms with Crippen LogP contribution in [0.3, 0.4) is 0 Å². The van der Waals surface area contributed by atoms with Crippen molar-refractivity contribution >= 4 is 0 Å². The van der Waals surface area contributed by atoms with E-state index in [-0.39, 0.29) is 0 Å². The average molecular weight is 237 g/mol. The number of nitrogens with one attached hydrogen (secondary N) is 1. The van der Waals surface area contributed by atoms with E-state index in [4.69, 9.17) is 0 Å². The molecular weight excluding hydrogens is 214 g/mol. The first-order valence-electron chi connectivity index (χ1n) is 6.61. The summed E-state index contributed by atoms with van der Waals surface area (Å²) in [4.78, 5) is 7.07. The lowest BCUT2D eigenvalue weighted by Crippen LogP contribution is -2.28. The molecule has 96 valence electrons. The van der Waals surface area contributed by atoms with Gasteiger partial charge in [0.2, 0.25) is 0 Å². The zero-order valence-corrected chi connectivity index (χ0v) is 10.9. The average Bonchev–Trinajstić information content (AvgIpc) is 2.54. The van der Waals surface area contributed by atoms with Crippen molar-refractivity contribution in [2.24, 2.45) is 7.05 Å². The molecule has 1 N–H and O–H groups in total. The molecule has 0 radical (unpaired) electrons. The van der Waals surface area contributed by atoms with E-state index in [1.807, 2.05) is 11.7 Å². The Hall–Kier alpha value is -0.940. The van der Waals surface area contributed by atoms with E-state index in [9.17, 15) is 0 Å². The summed E-state index contributed by atoms with van der Waals surface area (Å²) in [6, 6.07) is 0. The molecule has 2 heterocycles. The maximum Gasteiger partial charge on any atom is 0.150 e. The van der Waals surface area contributed by atoms with Gasteiger partial charge < -0.3 is 5.32 Å². The Labute approximate surface area is 103 Å². The van der Waals surface area contributed by atoms with Crippen LogP contribution in [0.1, 0.15) is 31.4 Å². The first-order valence-corrected chi connectivity index (χ1v) is 6.61. The molecule has 0 bridgehead atoms. The van der Waals surface area contributed by atoms with Crippen LogP contribution in [0.15, 0.2) is 0 Å². The first-order chi connectivity index (χ1) is 8.29. The van der Waals surface area contributed by atoms with Crippen LogP contribution >= 0.6 is 0 Å². The van der Waals surface area contributed by atoms with Crippen LogP contribution in [0.25, 0.3) is 0 Å². The smallest absolute Gasteiger partial charge is 0.150 e. The van der Waals surface area contributed by atoms with Gasteiger partial charge in [-0.1, -0.05) is 6.92 Å².